The highest BCUT2D eigenvalue weighted by Gasteiger charge is 2.29. The van der Waals surface area contributed by atoms with Crippen molar-refractivity contribution in [2.45, 2.75) is 23.9 Å². The molecule has 6 rings (SSSR count). The lowest BCUT2D eigenvalue weighted by molar-refractivity contribution is -0.130. The van der Waals surface area contributed by atoms with E-state index in [4.69, 9.17) is 21.6 Å². The highest BCUT2D eigenvalue weighted by atomic mass is 35.5. The van der Waals surface area contributed by atoms with E-state index < -0.39 is 0 Å². The molecule has 2 aliphatic heterocycles. The van der Waals surface area contributed by atoms with Crippen LogP contribution in [-0.2, 0) is 4.79 Å². The molecule has 0 radical (unpaired) electrons. The standard InChI is InChI=1S/C31H32ClN5OS/c32-25-14-12-24(13-15-25)29(23-8-2-1-3-9-23)36-20-18-35(19-21-36)28(38)22-39-31-30(37-16-6-7-17-37)33-26-10-4-5-11-27(26)34-31/h1-5,8-15,29H,6-7,16-22H2/t29-/m1/s1. The molecule has 1 atom stereocenters. The Morgan fingerprint density at radius 3 is 2.08 bits per heavy atom. The highest BCUT2D eigenvalue weighted by Crippen LogP contribution is 2.33. The number of nitrogens with zero attached hydrogens (tertiary/aromatic N) is 5. The Labute approximate surface area is 239 Å². The third kappa shape index (κ3) is 5.91. The fraction of sp³-hybridized carbons (Fsp3) is 0.323. The lowest BCUT2D eigenvalue weighted by Gasteiger charge is -2.39. The van der Waals surface area contributed by atoms with E-state index >= 15 is 0 Å². The van der Waals surface area contributed by atoms with E-state index in [2.05, 4.69) is 46.2 Å². The number of carbonyl (C=O) groups excluding carboxylic acids is 1. The number of carbonyl (C=O) groups is 1. The first-order chi connectivity index (χ1) is 19.2. The summed E-state index contributed by atoms with van der Waals surface area (Å²) < 4.78 is 0. The fourth-order valence-corrected chi connectivity index (χ4v) is 6.59. The maximum absolute atomic E-state index is 13.3. The zero-order chi connectivity index (χ0) is 26.6. The number of anilines is 1. The number of aromatic nitrogens is 2. The maximum atomic E-state index is 13.3. The van der Waals surface area contributed by atoms with Gasteiger partial charge < -0.3 is 9.80 Å². The summed E-state index contributed by atoms with van der Waals surface area (Å²) in [5.74, 6) is 1.44. The van der Waals surface area contributed by atoms with Crippen LogP contribution in [0.25, 0.3) is 11.0 Å². The van der Waals surface area contributed by atoms with Gasteiger partial charge in [0.05, 0.1) is 22.8 Å². The molecule has 0 spiro atoms. The molecular formula is C31H32ClN5OS. The van der Waals surface area contributed by atoms with E-state index in [0.29, 0.717) is 18.8 Å². The van der Waals surface area contributed by atoms with Crippen LogP contribution in [0.15, 0.2) is 83.9 Å². The summed E-state index contributed by atoms with van der Waals surface area (Å²) in [7, 11) is 0. The third-order valence-corrected chi connectivity index (χ3v) is 8.78. The first-order valence-corrected chi connectivity index (χ1v) is 15.0. The number of fused-ring (bicyclic) bond motifs is 1. The Hall–Kier alpha value is -3.13. The van der Waals surface area contributed by atoms with Gasteiger partial charge in [-0.1, -0.05) is 78.0 Å². The zero-order valence-corrected chi connectivity index (χ0v) is 23.4. The second kappa shape index (κ2) is 11.9. The minimum atomic E-state index is 0.131. The average Bonchev–Trinajstić information content (AvgIpc) is 3.52. The van der Waals surface area contributed by atoms with Crippen LogP contribution in [0.4, 0.5) is 5.82 Å². The Morgan fingerprint density at radius 2 is 1.38 bits per heavy atom. The number of thioether (sulfide) groups is 1. The molecular weight excluding hydrogens is 526 g/mol. The smallest absolute Gasteiger partial charge is 0.233 e. The molecule has 39 heavy (non-hydrogen) atoms. The Morgan fingerprint density at radius 1 is 0.769 bits per heavy atom. The number of benzene rings is 3. The second-order valence-electron chi connectivity index (χ2n) is 10.1. The van der Waals surface area contributed by atoms with Crippen molar-refractivity contribution in [2.24, 2.45) is 0 Å². The summed E-state index contributed by atoms with van der Waals surface area (Å²) in [6.07, 6.45) is 2.34. The van der Waals surface area contributed by atoms with Gasteiger partial charge >= 0.3 is 0 Å². The predicted octanol–water partition coefficient (Wildman–Crippen LogP) is 5.91. The number of hydrogen-bond acceptors (Lipinski definition) is 6. The van der Waals surface area contributed by atoms with Crippen molar-refractivity contribution in [3.8, 4) is 0 Å². The van der Waals surface area contributed by atoms with E-state index in [1.807, 2.05) is 47.4 Å². The molecule has 4 aromatic rings. The Bertz CT molecular complexity index is 1420. The summed E-state index contributed by atoms with van der Waals surface area (Å²) in [6, 6.07) is 26.8. The SMILES string of the molecule is O=C(CSc1nc2ccccc2nc1N1CCCC1)N1CCN([C@H](c2ccccc2)c2ccc(Cl)cc2)CC1. The summed E-state index contributed by atoms with van der Waals surface area (Å²) in [6.45, 7) is 5.03. The molecule has 6 nitrogen and oxygen atoms in total. The first-order valence-electron chi connectivity index (χ1n) is 13.6. The van der Waals surface area contributed by atoms with Gasteiger partial charge in [0.1, 0.15) is 5.03 Å². The molecule has 8 heteroatoms. The molecule has 3 aromatic carbocycles. The van der Waals surface area contributed by atoms with E-state index in [9.17, 15) is 4.79 Å². The second-order valence-corrected chi connectivity index (χ2v) is 11.5. The van der Waals surface area contributed by atoms with Gasteiger partial charge in [0.25, 0.3) is 0 Å². The lowest BCUT2D eigenvalue weighted by atomic mass is 9.96. The number of hydrogen-bond donors (Lipinski definition) is 0. The van der Waals surface area contributed by atoms with Crippen molar-refractivity contribution >= 4 is 46.1 Å². The Balaban J connectivity index is 1.13. The van der Waals surface area contributed by atoms with E-state index in [1.165, 1.54) is 35.7 Å². The molecule has 2 aliphatic rings. The average molecular weight is 558 g/mol. The van der Waals surface area contributed by atoms with Crippen LogP contribution in [0.3, 0.4) is 0 Å². The molecule has 0 saturated carbocycles. The van der Waals surface area contributed by atoms with Crippen molar-refractivity contribution in [3.63, 3.8) is 0 Å². The van der Waals surface area contributed by atoms with Crippen LogP contribution in [0, 0.1) is 0 Å². The summed E-state index contributed by atoms with van der Waals surface area (Å²) in [5.41, 5.74) is 4.24. The first kappa shape index (κ1) is 26.1. The van der Waals surface area contributed by atoms with Crippen molar-refractivity contribution in [1.82, 2.24) is 19.8 Å². The molecule has 1 aromatic heterocycles. The van der Waals surface area contributed by atoms with Crippen LogP contribution in [0.5, 0.6) is 0 Å². The third-order valence-electron chi connectivity index (χ3n) is 7.59. The molecule has 1 amide bonds. The van der Waals surface area contributed by atoms with Crippen molar-refractivity contribution in [2.75, 3.05) is 49.9 Å². The van der Waals surface area contributed by atoms with Gasteiger partial charge in [0.15, 0.2) is 5.82 Å². The van der Waals surface area contributed by atoms with E-state index in [0.717, 1.165) is 53.1 Å². The highest BCUT2D eigenvalue weighted by molar-refractivity contribution is 8.00. The largest absolute Gasteiger partial charge is 0.354 e. The molecule has 0 bridgehead atoms. The zero-order valence-electron chi connectivity index (χ0n) is 21.9. The minimum absolute atomic E-state index is 0.131. The molecule has 0 aliphatic carbocycles. The van der Waals surface area contributed by atoms with Gasteiger partial charge in [-0.2, -0.15) is 0 Å². The molecule has 0 N–H and O–H groups in total. The van der Waals surface area contributed by atoms with Gasteiger partial charge in [0, 0.05) is 44.3 Å². The molecule has 2 saturated heterocycles. The van der Waals surface area contributed by atoms with Gasteiger partial charge in [0.2, 0.25) is 5.91 Å². The number of para-hydroxylation sites is 2. The summed E-state index contributed by atoms with van der Waals surface area (Å²) in [4.78, 5) is 30.0. The molecule has 3 heterocycles. The van der Waals surface area contributed by atoms with Crippen molar-refractivity contribution < 1.29 is 4.79 Å². The number of rotatable bonds is 7. The molecule has 0 unspecified atom stereocenters. The van der Waals surface area contributed by atoms with E-state index in [-0.39, 0.29) is 11.9 Å². The van der Waals surface area contributed by atoms with Crippen LogP contribution >= 0.6 is 23.4 Å². The lowest BCUT2D eigenvalue weighted by Crippen LogP contribution is -2.50. The Kier molecular flexibility index (Phi) is 8.00. The minimum Gasteiger partial charge on any atom is -0.354 e. The molecule has 2 fully saturated rings. The van der Waals surface area contributed by atoms with Crippen molar-refractivity contribution in [3.05, 3.63) is 95.0 Å². The van der Waals surface area contributed by atoms with Gasteiger partial charge in [-0.05, 0) is 48.2 Å². The van der Waals surface area contributed by atoms with Crippen LogP contribution in [0.1, 0.15) is 30.0 Å². The summed E-state index contributed by atoms with van der Waals surface area (Å²) in [5, 5.41) is 1.59. The fourth-order valence-electron chi connectivity index (χ4n) is 5.55. The predicted molar refractivity (Wildman–Crippen MR) is 160 cm³/mol. The number of piperazine rings is 1. The van der Waals surface area contributed by atoms with Gasteiger partial charge in [-0.15, -0.1) is 0 Å². The van der Waals surface area contributed by atoms with Crippen LogP contribution < -0.4 is 4.90 Å². The van der Waals surface area contributed by atoms with Gasteiger partial charge in [-0.25, -0.2) is 9.97 Å². The van der Waals surface area contributed by atoms with Crippen LogP contribution in [0.2, 0.25) is 5.02 Å². The number of amides is 1. The monoisotopic (exact) mass is 557 g/mol. The van der Waals surface area contributed by atoms with Crippen molar-refractivity contribution in [1.29, 1.82) is 0 Å². The normalized spacial score (nSPS) is 17.1. The van der Waals surface area contributed by atoms with Crippen LogP contribution in [-0.4, -0.2) is 70.7 Å². The number of halogens is 1. The quantitative estimate of drug-likeness (QED) is 0.263. The summed E-state index contributed by atoms with van der Waals surface area (Å²) >= 11 is 7.70. The maximum Gasteiger partial charge on any atom is 0.233 e. The molecule has 200 valence electrons. The van der Waals surface area contributed by atoms with E-state index in [1.54, 1.807) is 0 Å². The topological polar surface area (TPSA) is 52.6 Å². The van der Waals surface area contributed by atoms with Gasteiger partial charge in [-0.3, -0.25) is 9.69 Å².